The molecular formula is C17H14ClN3O4S. The van der Waals surface area contributed by atoms with Crippen LogP contribution in [0.5, 0.6) is 5.75 Å². The highest BCUT2D eigenvalue weighted by Gasteiger charge is 2.26. The topological polar surface area (TPSA) is 90.3 Å². The quantitative estimate of drug-likeness (QED) is 0.675. The Balaban J connectivity index is 1.90. The van der Waals surface area contributed by atoms with Crippen LogP contribution in [-0.4, -0.2) is 23.9 Å². The summed E-state index contributed by atoms with van der Waals surface area (Å²) in [4.78, 5) is 16.2. The van der Waals surface area contributed by atoms with Crippen molar-refractivity contribution in [3.05, 3.63) is 71.6 Å². The largest absolute Gasteiger partial charge is 0.377 e. The van der Waals surface area contributed by atoms with Gasteiger partial charge in [-0.2, -0.15) is 8.42 Å². The first-order valence-electron chi connectivity index (χ1n) is 7.45. The van der Waals surface area contributed by atoms with Crippen molar-refractivity contribution >= 4 is 33.3 Å². The Morgan fingerprint density at radius 3 is 2.42 bits per heavy atom. The van der Waals surface area contributed by atoms with Gasteiger partial charge in [-0.05, 0) is 24.3 Å². The molecule has 0 fully saturated rings. The predicted octanol–water partition coefficient (Wildman–Crippen LogP) is 3.09. The molecule has 2 aromatic carbocycles. The lowest BCUT2D eigenvalue weighted by Gasteiger charge is -2.11. The fraction of sp³-hybridized carbons (Fsp3) is 0.0588. The lowest BCUT2D eigenvalue weighted by Crippen LogP contribution is -2.17. The molecule has 3 aromatic rings. The molecule has 0 bridgehead atoms. The van der Waals surface area contributed by atoms with Gasteiger partial charge in [-0.15, -0.1) is 0 Å². The number of aromatic nitrogens is 2. The third-order valence-electron chi connectivity index (χ3n) is 3.43. The van der Waals surface area contributed by atoms with Crippen LogP contribution in [0.2, 0.25) is 5.15 Å². The lowest BCUT2D eigenvalue weighted by atomic mass is 10.2. The smallest absolute Gasteiger partial charge is 0.360 e. The normalized spacial score (nSPS) is 11.2. The summed E-state index contributed by atoms with van der Waals surface area (Å²) in [5.41, 5.74) is 0.634. The van der Waals surface area contributed by atoms with Gasteiger partial charge in [-0.3, -0.25) is 4.79 Å². The van der Waals surface area contributed by atoms with E-state index < -0.39 is 21.1 Å². The number of hydrogen-bond donors (Lipinski definition) is 1. The maximum atomic E-state index is 12.5. The molecule has 0 spiro atoms. The minimum atomic E-state index is -4.30. The van der Waals surface area contributed by atoms with E-state index in [-0.39, 0.29) is 16.5 Å². The maximum absolute atomic E-state index is 12.5. The summed E-state index contributed by atoms with van der Waals surface area (Å²) in [5, 5.41) is 2.18. The second kappa shape index (κ2) is 7.19. The number of imidazole rings is 1. The van der Waals surface area contributed by atoms with Crippen LogP contribution in [0.3, 0.4) is 0 Å². The molecule has 1 heterocycles. The Labute approximate surface area is 155 Å². The van der Waals surface area contributed by atoms with Gasteiger partial charge in [-0.25, -0.2) is 4.98 Å². The summed E-state index contributed by atoms with van der Waals surface area (Å²) >= 11 is 5.93. The van der Waals surface area contributed by atoms with Crippen LogP contribution in [0.15, 0.2) is 66.0 Å². The standard InChI is InChI=1S/C17H14ClN3O4S/c1-21-11-19-17(15(21)18)26(23,24)25-14-10-6-5-9-13(14)16(22)20-12-7-3-2-4-8-12/h2-11H,1H3,(H,20,22). The minimum absolute atomic E-state index is 0.0620. The highest BCUT2D eigenvalue weighted by Crippen LogP contribution is 2.26. The molecule has 0 aliphatic rings. The first-order valence-corrected chi connectivity index (χ1v) is 9.24. The van der Waals surface area contributed by atoms with Gasteiger partial charge in [0, 0.05) is 12.7 Å². The molecule has 0 saturated heterocycles. The molecule has 0 saturated carbocycles. The fourth-order valence-corrected chi connectivity index (χ4v) is 3.53. The molecule has 0 radical (unpaired) electrons. The van der Waals surface area contributed by atoms with Gasteiger partial charge in [0.05, 0.1) is 11.9 Å². The van der Waals surface area contributed by atoms with E-state index in [4.69, 9.17) is 15.8 Å². The molecule has 1 amide bonds. The van der Waals surface area contributed by atoms with Crippen LogP contribution >= 0.6 is 11.6 Å². The zero-order valence-electron chi connectivity index (χ0n) is 13.6. The van der Waals surface area contributed by atoms with Crippen LogP contribution in [-0.2, 0) is 17.2 Å². The number of amides is 1. The molecular weight excluding hydrogens is 378 g/mol. The maximum Gasteiger partial charge on any atom is 0.360 e. The monoisotopic (exact) mass is 391 g/mol. The van der Waals surface area contributed by atoms with Crippen molar-refractivity contribution < 1.29 is 17.4 Å². The average molecular weight is 392 g/mol. The van der Waals surface area contributed by atoms with Gasteiger partial charge in [0.15, 0.2) is 10.9 Å². The zero-order chi connectivity index (χ0) is 18.7. The molecule has 134 valence electrons. The van der Waals surface area contributed by atoms with Crippen molar-refractivity contribution in [2.24, 2.45) is 7.05 Å². The van der Waals surface area contributed by atoms with E-state index in [0.717, 1.165) is 0 Å². The number of anilines is 1. The van der Waals surface area contributed by atoms with Crippen LogP contribution in [0.1, 0.15) is 10.4 Å². The average Bonchev–Trinajstić information content (AvgIpc) is 2.96. The minimum Gasteiger partial charge on any atom is -0.377 e. The lowest BCUT2D eigenvalue weighted by molar-refractivity contribution is 0.102. The first-order chi connectivity index (χ1) is 12.4. The molecule has 0 atom stereocenters. The summed E-state index contributed by atoms with van der Waals surface area (Å²) in [6.07, 6.45) is 1.26. The van der Waals surface area contributed by atoms with Crippen molar-refractivity contribution in [1.82, 2.24) is 9.55 Å². The van der Waals surface area contributed by atoms with E-state index in [1.54, 1.807) is 43.4 Å². The molecule has 0 unspecified atom stereocenters. The molecule has 7 nitrogen and oxygen atoms in total. The number of para-hydroxylation sites is 2. The van der Waals surface area contributed by atoms with E-state index in [2.05, 4.69) is 10.3 Å². The van der Waals surface area contributed by atoms with Gasteiger partial charge in [0.2, 0.25) is 5.03 Å². The van der Waals surface area contributed by atoms with Crippen LogP contribution in [0.4, 0.5) is 5.69 Å². The zero-order valence-corrected chi connectivity index (χ0v) is 15.2. The summed E-state index contributed by atoms with van der Waals surface area (Å²) in [5.74, 6) is -0.628. The molecule has 26 heavy (non-hydrogen) atoms. The second-order valence-corrected chi connectivity index (χ2v) is 7.12. The van der Waals surface area contributed by atoms with E-state index >= 15 is 0 Å². The van der Waals surface area contributed by atoms with Crippen LogP contribution in [0.25, 0.3) is 0 Å². The second-order valence-electron chi connectivity index (χ2n) is 5.31. The van der Waals surface area contributed by atoms with E-state index in [1.165, 1.54) is 23.0 Å². The van der Waals surface area contributed by atoms with Gasteiger partial charge in [0.25, 0.3) is 5.91 Å². The van der Waals surface area contributed by atoms with Crippen LogP contribution in [0, 0.1) is 0 Å². The van der Waals surface area contributed by atoms with Crippen molar-refractivity contribution in [2.45, 2.75) is 5.03 Å². The summed E-state index contributed by atoms with van der Waals surface area (Å²) < 4.78 is 31.4. The van der Waals surface area contributed by atoms with Crippen molar-refractivity contribution in [1.29, 1.82) is 0 Å². The van der Waals surface area contributed by atoms with E-state index in [1.807, 2.05) is 6.07 Å². The van der Waals surface area contributed by atoms with Gasteiger partial charge in [0.1, 0.15) is 0 Å². The number of benzene rings is 2. The first kappa shape index (κ1) is 18.0. The van der Waals surface area contributed by atoms with Crippen LogP contribution < -0.4 is 9.50 Å². The molecule has 9 heteroatoms. The predicted molar refractivity (Wildman–Crippen MR) is 96.9 cm³/mol. The number of aryl methyl sites for hydroxylation is 1. The van der Waals surface area contributed by atoms with Gasteiger partial charge < -0.3 is 14.1 Å². The Morgan fingerprint density at radius 2 is 1.77 bits per heavy atom. The third-order valence-corrected chi connectivity index (χ3v) is 5.16. The number of carbonyl (C=O) groups excluding carboxylic acids is 1. The molecule has 0 aliphatic heterocycles. The Hall–Kier alpha value is -2.84. The van der Waals surface area contributed by atoms with Crippen molar-refractivity contribution in [3.8, 4) is 5.75 Å². The molecule has 3 rings (SSSR count). The number of nitrogens with one attached hydrogen (secondary N) is 1. The third kappa shape index (κ3) is 3.71. The van der Waals surface area contributed by atoms with Gasteiger partial charge in [-0.1, -0.05) is 41.9 Å². The van der Waals surface area contributed by atoms with Gasteiger partial charge >= 0.3 is 10.1 Å². The number of halogens is 1. The highest BCUT2D eigenvalue weighted by molar-refractivity contribution is 7.87. The molecule has 0 aliphatic carbocycles. The van der Waals surface area contributed by atoms with Crippen molar-refractivity contribution in [2.75, 3.05) is 5.32 Å². The Bertz CT molecular complexity index is 1050. The summed E-state index contributed by atoms with van der Waals surface area (Å²) in [6.45, 7) is 0. The van der Waals surface area contributed by atoms with E-state index in [0.29, 0.717) is 5.69 Å². The summed E-state index contributed by atoms with van der Waals surface area (Å²) in [6, 6.07) is 14.8. The van der Waals surface area contributed by atoms with Crippen molar-refractivity contribution in [3.63, 3.8) is 0 Å². The Morgan fingerprint density at radius 1 is 1.12 bits per heavy atom. The fourth-order valence-electron chi connectivity index (χ4n) is 2.17. The number of hydrogen-bond acceptors (Lipinski definition) is 5. The number of carbonyl (C=O) groups is 1. The summed E-state index contributed by atoms with van der Waals surface area (Å²) in [7, 11) is -2.74. The van der Waals surface area contributed by atoms with E-state index in [9.17, 15) is 13.2 Å². The highest BCUT2D eigenvalue weighted by atomic mass is 35.5. The number of nitrogens with zero attached hydrogens (tertiary/aromatic N) is 2. The molecule has 1 aromatic heterocycles. The molecule has 1 N–H and O–H groups in total. The SMILES string of the molecule is Cn1cnc(S(=O)(=O)Oc2ccccc2C(=O)Nc2ccccc2)c1Cl. The Kier molecular flexibility index (Phi) is 4.97. The number of rotatable bonds is 5.